The summed E-state index contributed by atoms with van der Waals surface area (Å²) >= 11 is 0. The summed E-state index contributed by atoms with van der Waals surface area (Å²) in [5.41, 5.74) is 0.302. The first-order valence-electron chi connectivity index (χ1n) is 5.97. The number of anilines is 2. The zero-order valence-corrected chi connectivity index (χ0v) is 10.9. The van der Waals surface area contributed by atoms with Gasteiger partial charge in [0.15, 0.2) is 0 Å². The van der Waals surface area contributed by atoms with Gasteiger partial charge >= 0.3 is 5.97 Å². The van der Waals surface area contributed by atoms with Crippen LogP contribution in [0.15, 0.2) is 18.2 Å². The van der Waals surface area contributed by atoms with Crippen LogP contribution >= 0.6 is 0 Å². The van der Waals surface area contributed by atoms with Crippen molar-refractivity contribution >= 4 is 29.2 Å². The number of rotatable bonds is 6. The predicted octanol–water partition coefficient (Wildman–Crippen LogP) is 1.98. The van der Waals surface area contributed by atoms with Crippen LogP contribution < -0.4 is 10.6 Å². The van der Waals surface area contributed by atoms with Crippen molar-refractivity contribution in [2.75, 3.05) is 10.6 Å². The van der Waals surface area contributed by atoms with Crippen molar-refractivity contribution in [1.29, 1.82) is 0 Å². The van der Waals surface area contributed by atoms with E-state index < -0.39 is 17.7 Å². The first-order valence-corrected chi connectivity index (χ1v) is 5.97. The fourth-order valence-corrected chi connectivity index (χ4v) is 1.51. The monoisotopic (exact) mass is 282 g/mol. The summed E-state index contributed by atoms with van der Waals surface area (Å²) in [6, 6.07) is 3.79. The molecule has 0 fully saturated rings. The maximum Gasteiger partial charge on any atom is 0.303 e. The first kappa shape index (κ1) is 15.6. The van der Waals surface area contributed by atoms with Gasteiger partial charge in [0.25, 0.3) is 0 Å². The van der Waals surface area contributed by atoms with Gasteiger partial charge in [0.1, 0.15) is 5.82 Å². The summed E-state index contributed by atoms with van der Waals surface area (Å²) in [6.07, 6.45) is 0.0338. The van der Waals surface area contributed by atoms with E-state index in [1.54, 1.807) is 0 Å². The molecule has 6 nitrogen and oxygen atoms in total. The molecule has 0 bridgehead atoms. The topological polar surface area (TPSA) is 95.5 Å². The second kappa shape index (κ2) is 7.22. The molecule has 0 atom stereocenters. The minimum atomic E-state index is -0.989. The summed E-state index contributed by atoms with van der Waals surface area (Å²) in [5, 5.41) is 13.3. The Morgan fingerprint density at radius 1 is 1.20 bits per heavy atom. The second-order valence-electron chi connectivity index (χ2n) is 4.17. The number of aliphatic carboxylic acids is 1. The summed E-state index contributed by atoms with van der Waals surface area (Å²) in [7, 11) is 0. The van der Waals surface area contributed by atoms with Crippen molar-refractivity contribution in [1.82, 2.24) is 0 Å². The fourth-order valence-electron chi connectivity index (χ4n) is 1.51. The Kier molecular flexibility index (Phi) is 5.64. The van der Waals surface area contributed by atoms with E-state index in [0.717, 1.165) is 6.07 Å². The molecular weight excluding hydrogens is 267 g/mol. The number of carbonyl (C=O) groups excluding carboxylic acids is 2. The Hall–Kier alpha value is -2.44. The van der Waals surface area contributed by atoms with Crippen molar-refractivity contribution < 1.29 is 23.9 Å². The van der Waals surface area contributed by atoms with Crippen molar-refractivity contribution in [2.45, 2.75) is 26.2 Å². The highest BCUT2D eigenvalue weighted by molar-refractivity contribution is 5.93. The van der Waals surface area contributed by atoms with E-state index in [0.29, 0.717) is 5.69 Å². The molecular formula is C13H15FN2O4. The molecule has 0 heterocycles. The summed E-state index contributed by atoms with van der Waals surface area (Å²) in [5.74, 6) is -2.41. The number of hydrogen-bond acceptors (Lipinski definition) is 3. The highest BCUT2D eigenvalue weighted by Crippen LogP contribution is 2.20. The van der Waals surface area contributed by atoms with Crippen LogP contribution in [0.3, 0.4) is 0 Å². The number of hydrogen-bond donors (Lipinski definition) is 3. The fraction of sp³-hybridized carbons (Fsp3) is 0.308. The van der Waals surface area contributed by atoms with Crippen molar-refractivity contribution in [3.8, 4) is 0 Å². The number of nitrogens with one attached hydrogen (secondary N) is 2. The van der Waals surface area contributed by atoms with Gasteiger partial charge in [0.05, 0.1) is 5.69 Å². The van der Waals surface area contributed by atoms with Crippen LogP contribution in [0.2, 0.25) is 0 Å². The van der Waals surface area contributed by atoms with Crippen LogP contribution in [-0.4, -0.2) is 22.9 Å². The number of halogens is 1. The van der Waals surface area contributed by atoms with E-state index >= 15 is 0 Å². The molecule has 0 aliphatic rings. The van der Waals surface area contributed by atoms with Crippen LogP contribution in [0.4, 0.5) is 15.8 Å². The Bertz CT molecular complexity index is 531. The van der Waals surface area contributed by atoms with Gasteiger partial charge in [0.2, 0.25) is 11.8 Å². The lowest BCUT2D eigenvalue weighted by Crippen LogP contribution is -2.14. The lowest BCUT2D eigenvalue weighted by Gasteiger charge is -2.09. The van der Waals surface area contributed by atoms with Gasteiger partial charge in [-0.05, 0) is 24.6 Å². The average molecular weight is 282 g/mol. The van der Waals surface area contributed by atoms with E-state index in [-0.39, 0.29) is 30.9 Å². The van der Waals surface area contributed by atoms with E-state index in [1.165, 1.54) is 19.1 Å². The lowest BCUT2D eigenvalue weighted by atomic mass is 10.2. The Morgan fingerprint density at radius 3 is 2.50 bits per heavy atom. The molecule has 0 aliphatic heterocycles. The number of carboxylic acids is 1. The maximum atomic E-state index is 13.5. The van der Waals surface area contributed by atoms with Gasteiger partial charge in [-0.25, -0.2) is 4.39 Å². The van der Waals surface area contributed by atoms with E-state index in [4.69, 9.17) is 5.11 Å². The minimum Gasteiger partial charge on any atom is -0.481 e. The molecule has 0 aromatic heterocycles. The number of amides is 2. The van der Waals surface area contributed by atoms with Crippen LogP contribution in [0, 0.1) is 5.82 Å². The zero-order chi connectivity index (χ0) is 15.1. The molecule has 1 aromatic carbocycles. The lowest BCUT2D eigenvalue weighted by molar-refractivity contribution is -0.137. The van der Waals surface area contributed by atoms with Gasteiger partial charge < -0.3 is 15.7 Å². The normalized spacial score (nSPS) is 9.90. The molecule has 108 valence electrons. The Labute approximate surface area is 115 Å². The largest absolute Gasteiger partial charge is 0.481 e. The van der Waals surface area contributed by atoms with Crippen molar-refractivity contribution in [2.24, 2.45) is 0 Å². The number of benzene rings is 1. The predicted molar refractivity (Wildman–Crippen MR) is 70.8 cm³/mol. The molecule has 0 saturated carbocycles. The Balaban J connectivity index is 2.63. The van der Waals surface area contributed by atoms with Crippen LogP contribution in [0.1, 0.15) is 26.2 Å². The van der Waals surface area contributed by atoms with Gasteiger partial charge in [0, 0.05) is 25.5 Å². The van der Waals surface area contributed by atoms with E-state index in [1.807, 2.05) is 0 Å². The van der Waals surface area contributed by atoms with Gasteiger partial charge in [-0.2, -0.15) is 0 Å². The smallest absolute Gasteiger partial charge is 0.303 e. The van der Waals surface area contributed by atoms with E-state index in [2.05, 4.69) is 10.6 Å². The molecule has 0 spiro atoms. The highest BCUT2D eigenvalue weighted by atomic mass is 19.1. The molecule has 20 heavy (non-hydrogen) atoms. The van der Waals surface area contributed by atoms with Crippen molar-refractivity contribution in [3.63, 3.8) is 0 Å². The molecule has 0 saturated heterocycles. The number of carboxylic acid groups (broad SMARTS) is 1. The van der Waals surface area contributed by atoms with Gasteiger partial charge in [-0.15, -0.1) is 0 Å². The molecule has 0 radical (unpaired) electrons. The minimum absolute atomic E-state index is 0.0178. The maximum absolute atomic E-state index is 13.5. The molecule has 3 N–H and O–H groups in total. The van der Waals surface area contributed by atoms with Crippen molar-refractivity contribution in [3.05, 3.63) is 24.0 Å². The third-order valence-corrected chi connectivity index (χ3v) is 2.36. The van der Waals surface area contributed by atoms with Gasteiger partial charge in [-0.1, -0.05) is 0 Å². The van der Waals surface area contributed by atoms with Crippen LogP contribution in [-0.2, 0) is 14.4 Å². The summed E-state index contributed by atoms with van der Waals surface area (Å²) in [4.78, 5) is 32.7. The van der Waals surface area contributed by atoms with Crippen LogP contribution in [0.5, 0.6) is 0 Å². The third-order valence-electron chi connectivity index (χ3n) is 2.36. The first-order chi connectivity index (χ1) is 9.38. The van der Waals surface area contributed by atoms with E-state index in [9.17, 15) is 18.8 Å². The Morgan fingerprint density at radius 2 is 1.90 bits per heavy atom. The quantitative estimate of drug-likeness (QED) is 0.743. The zero-order valence-electron chi connectivity index (χ0n) is 10.9. The molecule has 0 aliphatic carbocycles. The summed E-state index contributed by atoms with van der Waals surface area (Å²) in [6.45, 7) is 1.31. The molecule has 1 aromatic rings. The van der Waals surface area contributed by atoms with Gasteiger partial charge in [-0.3, -0.25) is 14.4 Å². The molecule has 1 rings (SSSR count). The molecule has 0 unspecified atom stereocenters. The SMILES string of the molecule is CC(=O)Nc1ccc(F)c(NC(=O)CCCC(=O)O)c1. The second-order valence-corrected chi connectivity index (χ2v) is 4.17. The van der Waals surface area contributed by atoms with Crippen LogP contribution in [0.25, 0.3) is 0 Å². The third kappa shape index (κ3) is 5.47. The standard InChI is InChI=1S/C13H15FN2O4/c1-8(17)15-9-5-6-10(14)11(7-9)16-12(18)3-2-4-13(19)20/h5-7H,2-4H2,1H3,(H,15,17)(H,16,18)(H,19,20). The number of carbonyl (C=O) groups is 3. The average Bonchev–Trinajstić information content (AvgIpc) is 2.32. The highest BCUT2D eigenvalue weighted by Gasteiger charge is 2.09. The molecule has 7 heteroatoms. The molecule has 2 amide bonds. The summed E-state index contributed by atoms with van der Waals surface area (Å²) < 4.78 is 13.5.